The minimum atomic E-state index is -3.38. The summed E-state index contributed by atoms with van der Waals surface area (Å²) in [6, 6.07) is 0. The third-order valence-corrected chi connectivity index (χ3v) is 1.45. The zero-order chi connectivity index (χ0) is 8.65. The predicted molar refractivity (Wildman–Crippen MR) is 32.2 cm³/mol. The number of rotatable bonds is 0. The van der Waals surface area contributed by atoms with Crippen LogP contribution in [-0.4, -0.2) is 5.92 Å². The highest BCUT2D eigenvalue weighted by Gasteiger charge is 2.40. The van der Waals surface area contributed by atoms with Gasteiger partial charge in [0.05, 0.1) is 5.92 Å². The van der Waals surface area contributed by atoms with Gasteiger partial charge in [0, 0.05) is 0 Å². The van der Waals surface area contributed by atoms with E-state index in [0.717, 1.165) is 0 Å². The number of hydrogen-bond donors (Lipinski definition) is 0. The first-order chi connectivity index (χ1) is 4.95. The molecule has 0 heterocycles. The molecule has 1 unspecified atom stereocenters. The monoisotopic (exact) mass is 165 g/mol. The second kappa shape index (κ2) is 2.36. The van der Waals surface area contributed by atoms with E-state index < -0.39 is 23.5 Å². The van der Waals surface area contributed by atoms with Crippen molar-refractivity contribution in [2.24, 2.45) is 5.92 Å². The normalized spacial score (nSPS) is 29.4. The molecular weight excluding hydrogens is 160 g/mol. The van der Waals surface area contributed by atoms with Crippen LogP contribution in [-0.2, 0) is 0 Å². The predicted octanol–water partition coefficient (Wildman–Crippen LogP) is 2.79. The molecular formula is C7H5F4. The van der Waals surface area contributed by atoms with E-state index in [1.807, 2.05) is 0 Å². The summed E-state index contributed by atoms with van der Waals surface area (Å²) in [7, 11) is 0. The molecule has 0 aromatic heterocycles. The van der Waals surface area contributed by atoms with Crippen molar-refractivity contribution in [3.63, 3.8) is 0 Å². The van der Waals surface area contributed by atoms with Gasteiger partial charge in [-0.05, 0) is 19.1 Å². The molecule has 1 aliphatic carbocycles. The number of allylic oxidation sites excluding steroid dienone is 4. The van der Waals surface area contributed by atoms with Gasteiger partial charge in [-0.3, -0.25) is 0 Å². The fraction of sp³-hybridized carbons (Fsp3) is 0.286. The molecule has 0 aromatic rings. The lowest BCUT2D eigenvalue weighted by Gasteiger charge is -2.21. The van der Waals surface area contributed by atoms with Gasteiger partial charge in [0.2, 0.25) is 0 Å². The van der Waals surface area contributed by atoms with Crippen LogP contribution in [0, 0.1) is 12.8 Å². The van der Waals surface area contributed by atoms with Crippen LogP contribution in [0.2, 0.25) is 0 Å². The summed E-state index contributed by atoms with van der Waals surface area (Å²) in [6.07, 6.45) is 0.722. The molecule has 0 aliphatic heterocycles. The Balaban J connectivity index is 3.01. The van der Waals surface area contributed by atoms with Gasteiger partial charge in [0.1, 0.15) is 5.83 Å². The second-order valence-electron chi connectivity index (χ2n) is 2.26. The van der Waals surface area contributed by atoms with Crippen LogP contribution in [0.15, 0.2) is 23.8 Å². The first kappa shape index (κ1) is 8.30. The van der Waals surface area contributed by atoms with Gasteiger partial charge in [-0.2, -0.15) is 0 Å². The summed E-state index contributed by atoms with van der Waals surface area (Å²) in [4.78, 5) is 0. The minimum Gasteiger partial charge on any atom is -0.208 e. The maximum Gasteiger partial charge on any atom is 0.275 e. The van der Waals surface area contributed by atoms with Crippen molar-refractivity contribution >= 4 is 0 Å². The molecule has 0 N–H and O–H groups in total. The largest absolute Gasteiger partial charge is 0.275 e. The Morgan fingerprint density at radius 2 is 1.91 bits per heavy atom. The van der Waals surface area contributed by atoms with Crippen LogP contribution >= 0.6 is 0 Å². The molecule has 0 aromatic carbocycles. The molecule has 0 spiro atoms. The van der Waals surface area contributed by atoms with Gasteiger partial charge >= 0.3 is 0 Å². The molecule has 0 fully saturated rings. The molecule has 0 saturated carbocycles. The quantitative estimate of drug-likeness (QED) is 0.484. The third kappa shape index (κ3) is 1.29. The molecule has 1 radical (unpaired) electrons. The molecule has 1 atom stereocenters. The van der Waals surface area contributed by atoms with Crippen LogP contribution in [0.25, 0.3) is 0 Å². The van der Waals surface area contributed by atoms with E-state index >= 15 is 0 Å². The zero-order valence-electron chi connectivity index (χ0n) is 5.45. The van der Waals surface area contributed by atoms with Crippen molar-refractivity contribution in [2.45, 2.75) is 5.92 Å². The van der Waals surface area contributed by atoms with Crippen LogP contribution in [0.3, 0.4) is 0 Å². The van der Waals surface area contributed by atoms with Crippen molar-refractivity contribution in [3.05, 3.63) is 30.7 Å². The van der Waals surface area contributed by atoms with E-state index in [0.29, 0.717) is 12.2 Å². The van der Waals surface area contributed by atoms with Gasteiger partial charge in [0.15, 0.2) is 5.83 Å². The van der Waals surface area contributed by atoms with Gasteiger partial charge in [-0.15, -0.1) is 0 Å². The van der Waals surface area contributed by atoms with Crippen molar-refractivity contribution < 1.29 is 17.6 Å². The molecule has 0 bridgehead atoms. The first-order valence-electron chi connectivity index (χ1n) is 2.90. The highest BCUT2D eigenvalue weighted by atomic mass is 19.3. The van der Waals surface area contributed by atoms with Crippen LogP contribution in [0.5, 0.6) is 0 Å². The highest BCUT2D eigenvalue weighted by Crippen LogP contribution is 2.37. The molecule has 0 saturated heterocycles. The van der Waals surface area contributed by atoms with E-state index in [-0.39, 0.29) is 0 Å². The molecule has 1 aliphatic rings. The van der Waals surface area contributed by atoms with Gasteiger partial charge in [-0.1, -0.05) is 0 Å². The molecule has 61 valence electrons. The molecule has 4 heteroatoms. The van der Waals surface area contributed by atoms with E-state index in [4.69, 9.17) is 0 Å². The van der Waals surface area contributed by atoms with Gasteiger partial charge in [0.25, 0.3) is 5.92 Å². The fourth-order valence-corrected chi connectivity index (χ4v) is 0.715. The molecule has 11 heavy (non-hydrogen) atoms. The van der Waals surface area contributed by atoms with Gasteiger partial charge < -0.3 is 0 Å². The van der Waals surface area contributed by atoms with E-state index in [9.17, 15) is 17.6 Å². The summed E-state index contributed by atoms with van der Waals surface area (Å²) in [6.45, 7) is 2.81. The number of halogens is 4. The highest BCUT2D eigenvalue weighted by molar-refractivity contribution is 5.28. The van der Waals surface area contributed by atoms with Gasteiger partial charge in [-0.25, -0.2) is 17.6 Å². The maximum absolute atomic E-state index is 12.4. The van der Waals surface area contributed by atoms with E-state index in [1.165, 1.54) is 0 Å². The molecule has 1 rings (SSSR count). The Morgan fingerprint density at radius 3 is 2.36 bits per heavy atom. The molecule has 0 amide bonds. The van der Waals surface area contributed by atoms with Crippen LogP contribution in [0.1, 0.15) is 0 Å². The Bertz CT molecular complexity index is 227. The Kier molecular flexibility index (Phi) is 1.78. The Morgan fingerprint density at radius 1 is 1.36 bits per heavy atom. The SMILES string of the molecule is [CH2]C1C(F)=C(F)C=CC1(F)F. The van der Waals surface area contributed by atoms with Crippen LogP contribution < -0.4 is 0 Å². The lowest BCUT2D eigenvalue weighted by atomic mass is 9.97. The minimum absolute atomic E-state index is 0.309. The van der Waals surface area contributed by atoms with E-state index in [2.05, 4.69) is 6.92 Å². The Hall–Kier alpha value is -0.800. The smallest absolute Gasteiger partial charge is 0.208 e. The fourth-order valence-electron chi connectivity index (χ4n) is 0.715. The van der Waals surface area contributed by atoms with Crippen molar-refractivity contribution in [3.8, 4) is 0 Å². The maximum atomic E-state index is 12.4. The average molecular weight is 165 g/mol. The first-order valence-corrected chi connectivity index (χ1v) is 2.90. The van der Waals surface area contributed by atoms with Crippen LogP contribution in [0.4, 0.5) is 17.6 Å². The lowest BCUT2D eigenvalue weighted by Crippen LogP contribution is -2.26. The lowest BCUT2D eigenvalue weighted by molar-refractivity contribution is 0.0116. The summed E-state index contributed by atoms with van der Waals surface area (Å²) < 4.78 is 49.5. The summed E-state index contributed by atoms with van der Waals surface area (Å²) in [5.74, 6) is -8.07. The Labute approximate surface area is 61.2 Å². The standard InChI is InChI=1S/C7H5F4/c1-4-6(9)5(8)2-3-7(4,10)11/h2-4H,1H2. The van der Waals surface area contributed by atoms with Crippen molar-refractivity contribution in [2.75, 3.05) is 0 Å². The third-order valence-electron chi connectivity index (χ3n) is 1.45. The summed E-state index contributed by atoms with van der Waals surface area (Å²) >= 11 is 0. The topological polar surface area (TPSA) is 0 Å². The average Bonchev–Trinajstić information content (AvgIpc) is 1.95. The van der Waals surface area contributed by atoms with E-state index in [1.54, 1.807) is 0 Å². The second-order valence-corrected chi connectivity index (χ2v) is 2.26. The molecule has 0 nitrogen and oxygen atoms in total. The number of alkyl halides is 2. The summed E-state index contributed by atoms with van der Waals surface area (Å²) in [5, 5.41) is 0. The zero-order valence-corrected chi connectivity index (χ0v) is 5.45. The number of hydrogen-bond acceptors (Lipinski definition) is 0. The van der Waals surface area contributed by atoms with Crippen molar-refractivity contribution in [1.29, 1.82) is 0 Å². The summed E-state index contributed by atoms with van der Waals surface area (Å²) in [5.41, 5.74) is 0. The van der Waals surface area contributed by atoms with Crippen molar-refractivity contribution in [1.82, 2.24) is 0 Å².